The third-order valence-electron chi connectivity index (χ3n) is 2.93. The molecule has 80 valence electrons. The van der Waals surface area contributed by atoms with Crippen molar-refractivity contribution in [2.45, 2.75) is 33.6 Å². The van der Waals surface area contributed by atoms with Crippen LogP contribution in [-0.4, -0.2) is 6.54 Å². The number of hydrogen-bond acceptors (Lipinski definition) is 2. The summed E-state index contributed by atoms with van der Waals surface area (Å²) in [5.41, 5.74) is 5.66. The zero-order chi connectivity index (χ0) is 10.6. The average molecular weight is 211 g/mol. The molecule has 0 radical (unpaired) electrons. The lowest BCUT2D eigenvalue weighted by Crippen LogP contribution is -2.19. The molecule has 1 rings (SSSR count). The quantitative estimate of drug-likeness (QED) is 0.796. The van der Waals surface area contributed by atoms with E-state index in [9.17, 15) is 0 Å². The first-order valence-electron chi connectivity index (χ1n) is 5.45. The Kier molecular flexibility index (Phi) is 4.63. The van der Waals surface area contributed by atoms with Crippen molar-refractivity contribution in [3.63, 3.8) is 0 Å². The van der Waals surface area contributed by atoms with Crippen LogP contribution >= 0.6 is 11.3 Å². The summed E-state index contributed by atoms with van der Waals surface area (Å²) in [6, 6.07) is 4.52. The van der Waals surface area contributed by atoms with E-state index in [4.69, 9.17) is 5.73 Å². The van der Waals surface area contributed by atoms with E-state index in [1.54, 1.807) is 0 Å². The summed E-state index contributed by atoms with van der Waals surface area (Å²) in [6.07, 6.45) is 2.34. The molecule has 14 heavy (non-hydrogen) atoms. The van der Waals surface area contributed by atoms with Gasteiger partial charge in [0.05, 0.1) is 0 Å². The van der Waals surface area contributed by atoms with Gasteiger partial charge in [0.1, 0.15) is 0 Å². The Balaban J connectivity index is 2.51. The number of hydrogen-bond donors (Lipinski definition) is 1. The fraction of sp³-hybridized carbons (Fsp3) is 0.667. The summed E-state index contributed by atoms with van der Waals surface area (Å²) in [7, 11) is 0. The second kappa shape index (κ2) is 5.52. The van der Waals surface area contributed by atoms with Crippen molar-refractivity contribution in [1.82, 2.24) is 0 Å². The maximum Gasteiger partial charge on any atom is 0.00509 e. The van der Waals surface area contributed by atoms with E-state index in [0.717, 1.165) is 13.0 Å². The van der Waals surface area contributed by atoms with Crippen LogP contribution in [0.4, 0.5) is 0 Å². The van der Waals surface area contributed by atoms with Gasteiger partial charge in [-0.05, 0) is 43.4 Å². The van der Waals surface area contributed by atoms with Crippen molar-refractivity contribution < 1.29 is 0 Å². The monoisotopic (exact) mass is 211 g/mol. The highest BCUT2D eigenvalue weighted by Crippen LogP contribution is 2.23. The SMILES string of the molecule is CCc1ccc(CC(C)C(C)CN)s1. The van der Waals surface area contributed by atoms with Crippen LogP contribution in [0.2, 0.25) is 0 Å². The highest BCUT2D eigenvalue weighted by molar-refractivity contribution is 7.11. The predicted octanol–water partition coefficient (Wildman–Crippen LogP) is 3.08. The molecule has 0 spiro atoms. The van der Waals surface area contributed by atoms with Crippen molar-refractivity contribution in [1.29, 1.82) is 0 Å². The minimum Gasteiger partial charge on any atom is -0.330 e. The Labute approximate surface area is 91.3 Å². The molecule has 2 atom stereocenters. The number of rotatable bonds is 5. The maximum absolute atomic E-state index is 5.66. The third kappa shape index (κ3) is 3.10. The van der Waals surface area contributed by atoms with Gasteiger partial charge in [0, 0.05) is 9.75 Å². The third-order valence-corrected chi connectivity index (χ3v) is 4.18. The van der Waals surface area contributed by atoms with E-state index in [0.29, 0.717) is 11.8 Å². The van der Waals surface area contributed by atoms with Crippen LogP contribution in [0, 0.1) is 11.8 Å². The smallest absolute Gasteiger partial charge is 0.00509 e. The van der Waals surface area contributed by atoms with Crippen LogP contribution in [0.25, 0.3) is 0 Å². The highest BCUT2D eigenvalue weighted by atomic mass is 32.1. The molecular formula is C12H21NS. The van der Waals surface area contributed by atoms with E-state index in [2.05, 4.69) is 32.9 Å². The van der Waals surface area contributed by atoms with Crippen LogP contribution in [0.3, 0.4) is 0 Å². The topological polar surface area (TPSA) is 26.0 Å². The Bertz CT molecular complexity index is 267. The second-order valence-corrected chi connectivity index (χ2v) is 5.37. The van der Waals surface area contributed by atoms with E-state index in [1.807, 2.05) is 11.3 Å². The van der Waals surface area contributed by atoms with Gasteiger partial charge < -0.3 is 5.73 Å². The van der Waals surface area contributed by atoms with Gasteiger partial charge >= 0.3 is 0 Å². The molecule has 0 bridgehead atoms. The summed E-state index contributed by atoms with van der Waals surface area (Å²) in [5, 5.41) is 0. The molecule has 2 unspecified atom stereocenters. The van der Waals surface area contributed by atoms with Crippen LogP contribution in [0.15, 0.2) is 12.1 Å². The first-order chi connectivity index (χ1) is 6.67. The molecule has 0 saturated heterocycles. The van der Waals surface area contributed by atoms with Crippen LogP contribution in [0.5, 0.6) is 0 Å². The maximum atomic E-state index is 5.66. The van der Waals surface area contributed by atoms with Crippen molar-refractivity contribution in [3.05, 3.63) is 21.9 Å². The molecule has 1 heterocycles. The van der Waals surface area contributed by atoms with Gasteiger partial charge in [-0.2, -0.15) is 0 Å². The van der Waals surface area contributed by atoms with Gasteiger partial charge in [-0.15, -0.1) is 11.3 Å². The van der Waals surface area contributed by atoms with Crippen molar-refractivity contribution >= 4 is 11.3 Å². The predicted molar refractivity (Wildman–Crippen MR) is 64.8 cm³/mol. The van der Waals surface area contributed by atoms with Crippen molar-refractivity contribution in [2.24, 2.45) is 17.6 Å². The Morgan fingerprint density at radius 3 is 2.36 bits per heavy atom. The normalized spacial score (nSPS) is 15.4. The van der Waals surface area contributed by atoms with Gasteiger partial charge in [0.15, 0.2) is 0 Å². The highest BCUT2D eigenvalue weighted by Gasteiger charge is 2.12. The summed E-state index contributed by atoms with van der Waals surface area (Å²) in [6.45, 7) is 7.54. The molecule has 0 aliphatic carbocycles. The summed E-state index contributed by atoms with van der Waals surface area (Å²) in [4.78, 5) is 3.00. The number of nitrogens with two attached hydrogens (primary N) is 1. The number of aryl methyl sites for hydroxylation is 1. The zero-order valence-corrected chi connectivity index (χ0v) is 10.2. The van der Waals surface area contributed by atoms with Gasteiger partial charge in [-0.25, -0.2) is 0 Å². The van der Waals surface area contributed by atoms with Gasteiger partial charge in [0.25, 0.3) is 0 Å². The minimum absolute atomic E-state index is 0.627. The second-order valence-electron chi connectivity index (χ2n) is 4.12. The fourth-order valence-corrected chi connectivity index (χ4v) is 2.57. The summed E-state index contributed by atoms with van der Waals surface area (Å²) < 4.78 is 0. The van der Waals surface area contributed by atoms with Gasteiger partial charge in [0.2, 0.25) is 0 Å². The van der Waals surface area contributed by atoms with Crippen molar-refractivity contribution in [2.75, 3.05) is 6.54 Å². The molecule has 0 aliphatic rings. The molecular weight excluding hydrogens is 190 g/mol. The molecule has 0 aromatic carbocycles. The zero-order valence-electron chi connectivity index (χ0n) is 9.42. The molecule has 0 saturated carbocycles. The van der Waals surface area contributed by atoms with Gasteiger partial charge in [-0.1, -0.05) is 20.8 Å². The Morgan fingerprint density at radius 2 is 1.86 bits per heavy atom. The van der Waals surface area contributed by atoms with E-state index >= 15 is 0 Å². The van der Waals surface area contributed by atoms with E-state index < -0.39 is 0 Å². The molecule has 0 amide bonds. The fourth-order valence-electron chi connectivity index (χ4n) is 1.47. The molecule has 1 nitrogen and oxygen atoms in total. The molecule has 2 heteroatoms. The standard InChI is InChI=1S/C12H21NS/c1-4-11-5-6-12(14-11)7-9(2)10(3)8-13/h5-6,9-10H,4,7-8,13H2,1-3H3. The molecule has 1 aromatic heterocycles. The van der Waals surface area contributed by atoms with Crippen LogP contribution in [-0.2, 0) is 12.8 Å². The molecule has 0 aliphatic heterocycles. The van der Waals surface area contributed by atoms with E-state index in [1.165, 1.54) is 16.2 Å². The number of thiophene rings is 1. The Morgan fingerprint density at radius 1 is 1.21 bits per heavy atom. The minimum atomic E-state index is 0.627. The molecule has 1 aromatic rings. The lowest BCUT2D eigenvalue weighted by molar-refractivity contribution is 0.396. The summed E-state index contributed by atoms with van der Waals surface area (Å²) in [5.74, 6) is 1.32. The van der Waals surface area contributed by atoms with Crippen LogP contribution in [0.1, 0.15) is 30.5 Å². The average Bonchev–Trinajstić information content (AvgIpc) is 2.64. The first-order valence-corrected chi connectivity index (χ1v) is 6.26. The van der Waals surface area contributed by atoms with Crippen LogP contribution < -0.4 is 5.73 Å². The largest absolute Gasteiger partial charge is 0.330 e. The van der Waals surface area contributed by atoms with Crippen molar-refractivity contribution in [3.8, 4) is 0 Å². The summed E-state index contributed by atoms with van der Waals surface area (Å²) >= 11 is 1.95. The first kappa shape index (κ1) is 11.7. The molecule has 0 fully saturated rings. The lowest BCUT2D eigenvalue weighted by atomic mass is 9.92. The van der Waals surface area contributed by atoms with E-state index in [-0.39, 0.29) is 0 Å². The lowest BCUT2D eigenvalue weighted by Gasteiger charge is -2.16. The Hall–Kier alpha value is -0.340. The van der Waals surface area contributed by atoms with Gasteiger partial charge in [-0.3, -0.25) is 0 Å². The molecule has 2 N–H and O–H groups in total.